The third-order valence-corrected chi connectivity index (χ3v) is 3.94. The molecule has 0 aliphatic rings. The average molecular weight is 344 g/mol. The van der Waals surface area contributed by atoms with Crippen molar-refractivity contribution in [2.24, 2.45) is 0 Å². The Morgan fingerprint density at radius 1 is 0.960 bits per heavy atom. The van der Waals surface area contributed by atoms with E-state index in [1.54, 1.807) is 33.5 Å². The van der Waals surface area contributed by atoms with Crippen LogP contribution in [0.25, 0.3) is 0 Å². The van der Waals surface area contributed by atoms with Gasteiger partial charge in [-0.1, -0.05) is 18.2 Å². The number of nitrogen functional groups attached to an aromatic ring is 1. The zero-order valence-corrected chi connectivity index (χ0v) is 14.8. The van der Waals surface area contributed by atoms with Crippen LogP contribution in [0.3, 0.4) is 0 Å². The third-order valence-electron chi connectivity index (χ3n) is 3.94. The number of anilines is 1. The molecule has 0 heterocycles. The lowest BCUT2D eigenvalue weighted by Gasteiger charge is -2.14. The molecule has 0 atom stereocenters. The second-order valence-corrected chi connectivity index (χ2v) is 5.49. The van der Waals surface area contributed by atoms with E-state index in [9.17, 15) is 4.79 Å². The normalized spacial score (nSPS) is 10.2. The first-order chi connectivity index (χ1) is 12.1. The van der Waals surface area contributed by atoms with Gasteiger partial charge in [0.05, 0.1) is 21.3 Å². The highest BCUT2D eigenvalue weighted by atomic mass is 16.5. The second kappa shape index (κ2) is 8.82. The molecule has 0 spiro atoms. The number of methoxy groups -OCH3 is 3. The van der Waals surface area contributed by atoms with E-state index >= 15 is 0 Å². The van der Waals surface area contributed by atoms with Crippen molar-refractivity contribution in [3.63, 3.8) is 0 Å². The summed E-state index contributed by atoms with van der Waals surface area (Å²) in [6.07, 6.45) is 0.964. The van der Waals surface area contributed by atoms with E-state index in [-0.39, 0.29) is 5.91 Å². The molecular weight excluding hydrogens is 320 g/mol. The van der Waals surface area contributed by atoms with Crippen LogP contribution in [0.15, 0.2) is 36.4 Å². The topological polar surface area (TPSA) is 82.8 Å². The highest BCUT2D eigenvalue weighted by molar-refractivity contribution is 5.76. The molecule has 0 fully saturated rings. The van der Waals surface area contributed by atoms with Crippen LogP contribution in [-0.4, -0.2) is 27.2 Å². The van der Waals surface area contributed by atoms with Gasteiger partial charge < -0.3 is 25.3 Å². The van der Waals surface area contributed by atoms with E-state index in [1.165, 1.54) is 0 Å². The summed E-state index contributed by atoms with van der Waals surface area (Å²) in [5.74, 6) is 1.74. The number of nitrogens with one attached hydrogen (secondary N) is 1. The lowest BCUT2D eigenvalue weighted by Crippen LogP contribution is -2.23. The van der Waals surface area contributed by atoms with Gasteiger partial charge in [0.1, 0.15) is 5.75 Å². The van der Waals surface area contributed by atoms with E-state index in [2.05, 4.69) is 5.32 Å². The molecule has 0 unspecified atom stereocenters. The number of ether oxygens (including phenoxy) is 3. The fraction of sp³-hybridized carbons (Fsp3) is 0.316. The number of benzene rings is 2. The van der Waals surface area contributed by atoms with Gasteiger partial charge in [-0.3, -0.25) is 4.79 Å². The van der Waals surface area contributed by atoms with Crippen molar-refractivity contribution in [3.8, 4) is 17.2 Å². The van der Waals surface area contributed by atoms with Crippen molar-refractivity contribution in [2.75, 3.05) is 27.1 Å². The van der Waals surface area contributed by atoms with E-state index in [1.807, 2.05) is 24.3 Å². The highest BCUT2D eigenvalue weighted by Crippen LogP contribution is 2.34. The van der Waals surface area contributed by atoms with Gasteiger partial charge in [-0.2, -0.15) is 0 Å². The third kappa shape index (κ3) is 4.79. The molecule has 6 heteroatoms. The molecule has 2 aromatic carbocycles. The SMILES string of the molecule is COc1cc(OC)c(OC)cc1CNC(=O)CCc1ccccc1N. The molecule has 0 saturated carbocycles. The maximum Gasteiger partial charge on any atom is 0.220 e. The van der Waals surface area contributed by atoms with E-state index in [0.717, 1.165) is 11.1 Å². The summed E-state index contributed by atoms with van der Waals surface area (Å²) >= 11 is 0. The number of hydrogen-bond donors (Lipinski definition) is 2. The molecule has 1 amide bonds. The fourth-order valence-corrected chi connectivity index (χ4v) is 2.52. The quantitative estimate of drug-likeness (QED) is 0.719. The van der Waals surface area contributed by atoms with Gasteiger partial charge in [-0.05, 0) is 24.1 Å². The zero-order valence-electron chi connectivity index (χ0n) is 14.8. The average Bonchev–Trinajstić information content (AvgIpc) is 2.64. The molecule has 2 rings (SSSR count). The minimum Gasteiger partial charge on any atom is -0.496 e. The lowest BCUT2D eigenvalue weighted by atomic mass is 10.1. The Balaban J connectivity index is 1.98. The van der Waals surface area contributed by atoms with Crippen LogP contribution < -0.4 is 25.3 Å². The predicted molar refractivity (Wildman–Crippen MR) is 97.1 cm³/mol. The van der Waals surface area contributed by atoms with Gasteiger partial charge in [-0.25, -0.2) is 0 Å². The van der Waals surface area contributed by atoms with Crippen LogP contribution >= 0.6 is 0 Å². The smallest absolute Gasteiger partial charge is 0.220 e. The predicted octanol–water partition coefficient (Wildman–Crippen LogP) is 2.54. The Labute approximate surface area is 147 Å². The molecule has 2 aromatic rings. The van der Waals surface area contributed by atoms with E-state index in [4.69, 9.17) is 19.9 Å². The number of nitrogens with two attached hydrogens (primary N) is 1. The van der Waals surface area contributed by atoms with Crippen LogP contribution in [0.5, 0.6) is 17.2 Å². The molecule has 0 aliphatic carbocycles. The number of carbonyl (C=O) groups excluding carboxylic acids is 1. The Kier molecular flexibility index (Phi) is 6.51. The van der Waals surface area contributed by atoms with Gasteiger partial charge >= 0.3 is 0 Å². The van der Waals surface area contributed by atoms with Gasteiger partial charge in [0.15, 0.2) is 11.5 Å². The Morgan fingerprint density at radius 3 is 2.24 bits per heavy atom. The molecule has 0 bridgehead atoms. The number of hydrogen-bond acceptors (Lipinski definition) is 5. The zero-order chi connectivity index (χ0) is 18.2. The Hall–Kier alpha value is -2.89. The summed E-state index contributed by atoms with van der Waals surface area (Å²) < 4.78 is 15.9. The minimum atomic E-state index is -0.0555. The van der Waals surface area contributed by atoms with Crippen molar-refractivity contribution in [1.82, 2.24) is 5.32 Å². The van der Waals surface area contributed by atoms with E-state index < -0.39 is 0 Å². The molecule has 0 radical (unpaired) electrons. The summed E-state index contributed by atoms with van der Waals surface area (Å²) in [6.45, 7) is 0.340. The summed E-state index contributed by atoms with van der Waals surface area (Å²) in [6, 6.07) is 11.1. The Morgan fingerprint density at radius 2 is 1.60 bits per heavy atom. The van der Waals surface area contributed by atoms with Gasteiger partial charge in [-0.15, -0.1) is 0 Å². The minimum absolute atomic E-state index is 0.0555. The first-order valence-electron chi connectivity index (χ1n) is 7.98. The van der Waals surface area contributed by atoms with Crippen molar-refractivity contribution in [2.45, 2.75) is 19.4 Å². The molecule has 0 aliphatic heterocycles. The first-order valence-corrected chi connectivity index (χ1v) is 7.98. The summed E-state index contributed by atoms with van der Waals surface area (Å²) in [7, 11) is 4.70. The number of para-hydroxylation sites is 1. The number of rotatable bonds is 8. The summed E-state index contributed by atoms with van der Waals surface area (Å²) in [5.41, 5.74) is 8.39. The molecule has 134 valence electrons. The number of amides is 1. The largest absolute Gasteiger partial charge is 0.496 e. The summed E-state index contributed by atoms with van der Waals surface area (Å²) in [4.78, 5) is 12.1. The van der Waals surface area contributed by atoms with Crippen LogP contribution in [-0.2, 0) is 17.8 Å². The van der Waals surface area contributed by atoms with E-state index in [0.29, 0.717) is 42.3 Å². The first kappa shape index (κ1) is 18.4. The fourth-order valence-electron chi connectivity index (χ4n) is 2.52. The van der Waals surface area contributed by atoms with Crippen molar-refractivity contribution in [1.29, 1.82) is 0 Å². The van der Waals surface area contributed by atoms with Crippen molar-refractivity contribution >= 4 is 11.6 Å². The lowest BCUT2D eigenvalue weighted by molar-refractivity contribution is -0.121. The molecule has 0 saturated heterocycles. The molecule has 25 heavy (non-hydrogen) atoms. The van der Waals surface area contributed by atoms with Crippen LogP contribution in [0.1, 0.15) is 17.5 Å². The second-order valence-electron chi connectivity index (χ2n) is 5.49. The molecule has 0 aromatic heterocycles. The maximum absolute atomic E-state index is 12.1. The van der Waals surface area contributed by atoms with Gasteiger partial charge in [0.2, 0.25) is 5.91 Å². The van der Waals surface area contributed by atoms with Crippen molar-refractivity contribution in [3.05, 3.63) is 47.5 Å². The number of aryl methyl sites for hydroxylation is 1. The van der Waals surface area contributed by atoms with Crippen molar-refractivity contribution < 1.29 is 19.0 Å². The Bertz CT molecular complexity index is 731. The standard InChI is InChI=1S/C19H24N2O4/c1-23-16-11-18(25-3)17(24-2)10-14(16)12-21-19(22)9-8-13-6-4-5-7-15(13)20/h4-7,10-11H,8-9,12,20H2,1-3H3,(H,21,22). The maximum atomic E-state index is 12.1. The molecular formula is C19H24N2O4. The van der Waals surface area contributed by atoms with Crippen LogP contribution in [0, 0.1) is 0 Å². The monoisotopic (exact) mass is 344 g/mol. The van der Waals surface area contributed by atoms with Crippen LogP contribution in [0.2, 0.25) is 0 Å². The van der Waals surface area contributed by atoms with Crippen LogP contribution in [0.4, 0.5) is 5.69 Å². The highest BCUT2D eigenvalue weighted by Gasteiger charge is 2.13. The molecule has 6 nitrogen and oxygen atoms in total. The summed E-state index contributed by atoms with van der Waals surface area (Å²) in [5, 5.41) is 2.90. The van der Waals surface area contributed by atoms with Gasteiger partial charge in [0.25, 0.3) is 0 Å². The molecule has 3 N–H and O–H groups in total. The van der Waals surface area contributed by atoms with Gasteiger partial charge in [0, 0.05) is 30.3 Å². The number of carbonyl (C=O) groups is 1.